The summed E-state index contributed by atoms with van der Waals surface area (Å²) in [4.78, 5) is 15.1. The van der Waals surface area contributed by atoms with Gasteiger partial charge in [0.2, 0.25) is 0 Å². The Balaban J connectivity index is 1.44. The summed E-state index contributed by atoms with van der Waals surface area (Å²) in [7, 11) is 0. The van der Waals surface area contributed by atoms with E-state index >= 15 is 0 Å². The molecule has 1 amide bonds. The molecule has 1 saturated heterocycles. The molecule has 1 aliphatic rings. The average molecular weight is 592 g/mol. The maximum Gasteiger partial charge on any atom is 0.266 e. The van der Waals surface area contributed by atoms with Crippen LogP contribution < -0.4 is 4.74 Å². The van der Waals surface area contributed by atoms with Gasteiger partial charge in [0.1, 0.15) is 16.7 Å². The number of hydrogen-bond donors (Lipinski definition) is 0. The highest BCUT2D eigenvalue weighted by molar-refractivity contribution is 14.1. The minimum Gasteiger partial charge on any atom is -0.487 e. The van der Waals surface area contributed by atoms with Crippen LogP contribution in [0.15, 0.2) is 71.6 Å². The zero-order valence-corrected chi connectivity index (χ0v) is 21.7. The van der Waals surface area contributed by atoms with Crippen molar-refractivity contribution in [2.24, 2.45) is 0 Å². The molecule has 7 heteroatoms. The molecule has 0 unspecified atom stereocenters. The van der Waals surface area contributed by atoms with E-state index in [1.807, 2.05) is 73.7 Å². The summed E-state index contributed by atoms with van der Waals surface area (Å²) < 4.78 is 7.60. The molecule has 0 spiro atoms. The van der Waals surface area contributed by atoms with Gasteiger partial charge in [0.15, 0.2) is 0 Å². The molecule has 0 bridgehead atoms. The molecular weight excluding hydrogens is 573 g/mol. The molecule has 0 atom stereocenters. The van der Waals surface area contributed by atoms with E-state index in [1.165, 1.54) is 20.9 Å². The summed E-state index contributed by atoms with van der Waals surface area (Å²) in [5.74, 6) is 0.519. The summed E-state index contributed by atoms with van der Waals surface area (Å²) in [6, 6.07) is 21.8. The lowest BCUT2D eigenvalue weighted by atomic mass is 10.1. The lowest BCUT2D eigenvalue weighted by Gasteiger charge is -2.14. The second-order valence-corrected chi connectivity index (χ2v) is 10.7. The van der Waals surface area contributed by atoms with Crippen LogP contribution >= 0.6 is 58.2 Å². The molecule has 1 heterocycles. The molecule has 3 aromatic rings. The molecule has 0 radical (unpaired) electrons. The maximum atomic E-state index is 12.9. The minimum absolute atomic E-state index is 0.0873. The van der Waals surface area contributed by atoms with E-state index in [0.717, 1.165) is 16.7 Å². The van der Waals surface area contributed by atoms with Crippen molar-refractivity contribution in [2.75, 3.05) is 0 Å². The Morgan fingerprint density at radius 2 is 1.75 bits per heavy atom. The predicted octanol–water partition coefficient (Wildman–Crippen LogP) is 7.23. The molecule has 3 nitrogen and oxygen atoms in total. The van der Waals surface area contributed by atoms with Gasteiger partial charge in [-0.15, -0.1) is 0 Å². The number of thiocarbonyl (C=S) groups is 1. The Labute approximate surface area is 215 Å². The number of hydrogen-bond acceptors (Lipinski definition) is 4. The largest absolute Gasteiger partial charge is 0.487 e. The van der Waals surface area contributed by atoms with Crippen molar-refractivity contribution in [3.8, 4) is 5.75 Å². The standard InChI is InChI=1S/C25H19ClINO2S2/c1-16-2-4-17(5-3-16)14-28-24(29)23(32-25(28)31)13-19-8-11-22(21(26)12-19)30-15-18-6-9-20(27)10-7-18/h2-13H,14-15H2,1H3/b23-13-. The van der Waals surface area contributed by atoms with E-state index in [4.69, 9.17) is 28.6 Å². The van der Waals surface area contributed by atoms with E-state index in [9.17, 15) is 4.79 Å². The Bertz CT molecular complexity index is 1190. The van der Waals surface area contributed by atoms with Crippen LogP contribution in [-0.4, -0.2) is 15.1 Å². The second-order valence-electron chi connectivity index (χ2n) is 7.36. The molecule has 0 saturated carbocycles. The number of benzene rings is 3. The summed E-state index contributed by atoms with van der Waals surface area (Å²) in [6.45, 7) is 2.94. The number of carbonyl (C=O) groups excluding carboxylic acids is 1. The maximum absolute atomic E-state index is 12.9. The zero-order chi connectivity index (χ0) is 22.7. The molecule has 0 aliphatic carbocycles. The number of carbonyl (C=O) groups is 1. The lowest BCUT2D eigenvalue weighted by molar-refractivity contribution is -0.122. The SMILES string of the molecule is Cc1ccc(CN2C(=O)/C(=C/c3ccc(OCc4ccc(I)cc4)c(Cl)c3)SC2=S)cc1. The first-order valence-electron chi connectivity index (χ1n) is 9.87. The minimum atomic E-state index is -0.0873. The van der Waals surface area contributed by atoms with Crippen LogP contribution in [0, 0.1) is 10.5 Å². The fourth-order valence-corrected chi connectivity index (χ4v) is 4.99. The van der Waals surface area contributed by atoms with Gasteiger partial charge < -0.3 is 4.74 Å². The van der Waals surface area contributed by atoms with Crippen LogP contribution in [0.25, 0.3) is 6.08 Å². The third-order valence-corrected chi connectivity index (χ3v) is 7.29. The van der Waals surface area contributed by atoms with Crippen molar-refractivity contribution in [3.63, 3.8) is 0 Å². The van der Waals surface area contributed by atoms with Crippen molar-refractivity contribution in [3.05, 3.63) is 102 Å². The first-order chi connectivity index (χ1) is 15.4. The van der Waals surface area contributed by atoms with Crippen LogP contribution in [0.3, 0.4) is 0 Å². The van der Waals surface area contributed by atoms with E-state index in [-0.39, 0.29) is 5.91 Å². The normalized spacial score (nSPS) is 15.0. The number of ether oxygens (including phenoxy) is 1. The van der Waals surface area contributed by atoms with Crippen molar-refractivity contribution in [2.45, 2.75) is 20.1 Å². The Kier molecular flexibility index (Phi) is 7.55. The Hall–Kier alpha value is -1.87. The Morgan fingerprint density at radius 3 is 2.44 bits per heavy atom. The van der Waals surface area contributed by atoms with Gasteiger partial charge in [0.05, 0.1) is 16.5 Å². The van der Waals surface area contributed by atoms with Crippen molar-refractivity contribution in [1.82, 2.24) is 4.90 Å². The van der Waals surface area contributed by atoms with E-state index < -0.39 is 0 Å². The van der Waals surface area contributed by atoms with Gasteiger partial charge in [-0.1, -0.05) is 83.6 Å². The van der Waals surface area contributed by atoms with Gasteiger partial charge in [0, 0.05) is 3.57 Å². The number of aryl methyl sites for hydroxylation is 1. The summed E-state index contributed by atoms with van der Waals surface area (Å²) >= 11 is 15.5. The fourth-order valence-electron chi connectivity index (χ4n) is 3.13. The van der Waals surface area contributed by atoms with Crippen molar-refractivity contribution < 1.29 is 9.53 Å². The first-order valence-corrected chi connectivity index (χ1v) is 12.5. The molecule has 32 heavy (non-hydrogen) atoms. The van der Waals surface area contributed by atoms with Crippen LogP contribution in [0.2, 0.25) is 5.02 Å². The smallest absolute Gasteiger partial charge is 0.266 e. The van der Waals surface area contributed by atoms with Gasteiger partial charge in [-0.05, 0) is 76.5 Å². The predicted molar refractivity (Wildman–Crippen MR) is 145 cm³/mol. The number of thioether (sulfide) groups is 1. The highest BCUT2D eigenvalue weighted by Gasteiger charge is 2.32. The van der Waals surface area contributed by atoms with Crippen LogP contribution in [0.1, 0.15) is 22.3 Å². The van der Waals surface area contributed by atoms with E-state index in [0.29, 0.717) is 33.1 Å². The molecule has 0 N–H and O–H groups in total. The van der Waals surface area contributed by atoms with Crippen LogP contribution in [0.4, 0.5) is 0 Å². The summed E-state index contributed by atoms with van der Waals surface area (Å²) in [5, 5.41) is 0.499. The second kappa shape index (κ2) is 10.4. The average Bonchev–Trinajstić information content (AvgIpc) is 3.03. The summed E-state index contributed by atoms with van der Waals surface area (Å²) in [5.41, 5.74) is 4.13. The topological polar surface area (TPSA) is 29.5 Å². The zero-order valence-electron chi connectivity index (χ0n) is 17.2. The van der Waals surface area contributed by atoms with E-state index in [2.05, 4.69) is 22.6 Å². The molecule has 3 aromatic carbocycles. The first kappa shape index (κ1) is 23.3. The summed E-state index contributed by atoms with van der Waals surface area (Å²) in [6.07, 6.45) is 1.82. The number of nitrogens with zero attached hydrogens (tertiary/aromatic N) is 1. The third kappa shape index (κ3) is 5.73. The molecule has 1 aliphatic heterocycles. The Morgan fingerprint density at radius 1 is 1.06 bits per heavy atom. The van der Waals surface area contributed by atoms with Gasteiger partial charge in [-0.2, -0.15) is 0 Å². The molecule has 162 valence electrons. The van der Waals surface area contributed by atoms with Gasteiger partial charge in [0.25, 0.3) is 5.91 Å². The fraction of sp³-hybridized carbons (Fsp3) is 0.120. The van der Waals surface area contributed by atoms with Crippen LogP contribution in [0.5, 0.6) is 5.75 Å². The van der Waals surface area contributed by atoms with E-state index in [1.54, 1.807) is 11.0 Å². The van der Waals surface area contributed by atoms with Crippen molar-refractivity contribution >= 4 is 74.5 Å². The number of halogens is 2. The van der Waals surface area contributed by atoms with Gasteiger partial charge in [-0.25, -0.2) is 0 Å². The quantitative estimate of drug-likeness (QED) is 0.172. The third-order valence-electron chi connectivity index (χ3n) is 4.90. The highest BCUT2D eigenvalue weighted by atomic mass is 127. The lowest BCUT2D eigenvalue weighted by Crippen LogP contribution is -2.27. The number of rotatable bonds is 6. The number of amides is 1. The molecular formula is C25H19ClINO2S2. The monoisotopic (exact) mass is 591 g/mol. The molecule has 1 fully saturated rings. The highest BCUT2D eigenvalue weighted by Crippen LogP contribution is 2.35. The van der Waals surface area contributed by atoms with Gasteiger partial charge in [-0.3, -0.25) is 9.69 Å². The van der Waals surface area contributed by atoms with Gasteiger partial charge >= 0.3 is 0 Å². The molecule has 0 aromatic heterocycles. The molecule has 4 rings (SSSR count). The van der Waals surface area contributed by atoms with Crippen LogP contribution in [-0.2, 0) is 17.9 Å². The van der Waals surface area contributed by atoms with Crippen molar-refractivity contribution in [1.29, 1.82) is 0 Å².